The van der Waals surface area contributed by atoms with Crippen molar-refractivity contribution in [3.8, 4) is 12.8 Å². The number of terminal acetylenes is 1. The van der Waals surface area contributed by atoms with Gasteiger partial charge in [0.15, 0.2) is 0 Å². The number of fused-ring (bicyclic) bond motifs is 2. The van der Waals surface area contributed by atoms with Crippen LogP contribution in [0.25, 0.3) is 0 Å². The van der Waals surface area contributed by atoms with Crippen molar-refractivity contribution in [3.63, 3.8) is 0 Å². The Labute approximate surface area is 303 Å². The lowest BCUT2D eigenvalue weighted by Crippen LogP contribution is -2.46. The summed E-state index contributed by atoms with van der Waals surface area (Å²) in [5, 5.41) is 13.6. The number of amides is 1. The zero-order valence-corrected chi connectivity index (χ0v) is 31.4. The van der Waals surface area contributed by atoms with Gasteiger partial charge in [0.05, 0.1) is 18.4 Å². The third kappa shape index (κ3) is 14.4. The predicted molar refractivity (Wildman–Crippen MR) is 205 cm³/mol. The molecule has 49 heavy (non-hydrogen) atoms. The molecule has 0 saturated carbocycles. The molecule has 0 bridgehead atoms. The van der Waals surface area contributed by atoms with Gasteiger partial charge in [-0.3, -0.25) is 14.7 Å². The van der Waals surface area contributed by atoms with Gasteiger partial charge in [0.1, 0.15) is 0 Å². The number of hydroxylamine groups is 2. The molecule has 1 aliphatic heterocycles. The molecule has 0 spiro atoms. The summed E-state index contributed by atoms with van der Waals surface area (Å²) in [6.07, 6.45) is 15.4. The van der Waals surface area contributed by atoms with E-state index in [1.807, 2.05) is 55.3 Å². The molecule has 2 aliphatic rings. The Morgan fingerprint density at radius 1 is 1.08 bits per heavy atom. The Kier molecular flexibility index (Phi) is 19.5. The summed E-state index contributed by atoms with van der Waals surface area (Å²) in [5.74, 6) is 0. The first-order valence-electron chi connectivity index (χ1n) is 16.9. The molecule has 1 saturated heterocycles. The Morgan fingerprint density at radius 3 is 2.35 bits per heavy atom. The molecule has 10 heteroatoms. The summed E-state index contributed by atoms with van der Waals surface area (Å²) in [5.41, 5.74) is 13.6. The van der Waals surface area contributed by atoms with E-state index in [4.69, 9.17) is 10.7 Å². The number of benzene rings is 2. The highest BCUT2D eigenvalue weighted by Gasteiger charge is 2.31. The van der Waals surface area contributed by atoms with E-state index in [0.717, 1.165) is 62.0 Å². The molecule has 4 N–H and O–H groups in total. The molecule has 1 atom stereocenters. The van der Waals surface area contributed by atoms with Gasteiger partial charge in [-0.05, 0) is 97.5 Å². The summed E-state index contributed by atoms with van der Waals surface area (Å²) in [4.78, 5) is 21.3. The predicted octanol–water partition coefficient (Wildman–Crippen LogP) is 5.61. The van der Waals surface area contributed by atoms with Crippen molar-refractivity contribution in [3.05, 3.63) is 112 Å². The van der Waals surface area contributed by atoms with Crippen LogP contribution in [0, 0.1) is 19.8 Å². The fourth-order valence-electron chi connectivity index (χ4n) is 5.75. The number of piperazine rings is 1. The van der Waals surface area contributed by atoms with Crippen LogP contribution >= 0.6 is 15.9 Å². The van der Waals surface area contributed by atoms with Gasteiger partial charge in [0, 0.05) is 62.5 Å². The second-order valence-corrected chi connectivity index (χ2v) is 13.4. The van der Waals surface area contributed by atoms with Crippen LogP contribution < -0.4 is 11.1 Å². The number of carbonyl (C=O) groups is 1. The number of halogens is 1. The molecule has 1 fully saturated rings. The number of nitrogens with one attached hydrogen (secondary N) is 1. The fraction of sp³-hybridized carbons (Fsp3) is 0.436. The normalized spacial score (nSPS) is 15.4. The number of hydrogen-bond acceptors (Lipinski definition) is 8. The van der Waals surface area contributed by atoms with Crippen LogP contribution in [0.2, 0.25) is 0 Å². The number of rotatable bonds is 11. The molecule has 1 amide bonds. The minimum atomic E-state index is 0.280. The maximum absolute atomic E-state index is 9.72. The highest BCUT2D eigenvalue weighted by Crippen LogP contribution is 2.37. The van der Waals surface area contributed by atoms with Crippen molar-refractivity contribution in [1.29, 1.82) is 0 Å². The van der Waals surface area contributed by atoms with Gasteiger partial charge in [-0.2, -0.15) is 5.06 Å². The number of hydrogen-bond donors (Lipinski definition) is 3. The average molecular weight is 735 g/mol. The lowest BCUT2D eigenvalue weighted by atomic mass is 9.95. The van der Waals surface area contributed by atoms with E-state index in [-0.39, 0.29) is 6.04 Å². The molecule has 2 heterocycles. The monoisotopic (exact) mass is 733 g/mol. The van der Waals surface area contributed by atoms with Gasteiger partial charge < -0.3 is 26.1 Å². The zero-order chi connectivity index (χ0) is 36.2. The van der Waals surface area contributed by atoms with Crippen molar-refractivity contribution in [2.24, 2.45) is 5.73 Å². The molecule has 0 radical (unpaired) electrons. The molecule has 266 valence electrons. The first-order chi connectivity index (χ1) is 23.6. The third-order valence-electron chi connectivity index (χ3n) is 8.35. The Hall–Kier alpha value is -3.56. The maximum Gasteiger partial charge on any atom is 0.207 e. The lowest BCUT2D eigenvalue weighted by Gasteiger charge is -2.38. The minimum Gasteiger partial charge on any atom is -0.366 e. The smallest absolute Gasteiger partial charge is 0.207 e. The summed E-state index contributed by atoms with van der Waals surface area (Å²) >= 11 is 3.60. The SMILES string of the molecule is C#C.C=CN(CN)CCCN(O)Cc1ccccc1.CC(C)NC=O.Cc1ccc2c(c1)CCc1cc(Br)cnc1[C@@H]2N1CCN(C)CC1. The van der Waals surface area contributed by atoms with Crippen LogP contribution in [0.15, 0.2) is 78.0 Å². The van der Waals surface area contributed by atoms with E-state index in [1.165, 1.54) is 33.0 Å². The Bertz CT molecular complexity index is 1360. The van der Waals surface area contributed by atoms with Gasteiger partial charge in [0.2, 0.25) is 6.41 Å². The summed E-state index contributed by atoms with van der Waals surface area (Å²) < 4.78 is 1.08. The second-order valence-electron chi connectivity index (χ2n) is 12.5. The van der Waals surface area contributed by atoms with Crippen LogP contribution in [-0.2, 0) is 24.2 Å². The first kappa shape index (κ1) is 41.6. The number of aryl methyl sites for hydroxylation is 3. The number of nitrogens with two attached hydrogens (primary N) is 1. The molecule has 1 aromatic heterocycles. The number of likely N-dealkylation sites (N-methyl/N-ethyl adjacent to an activating group) is 1. The Morgan fingerprint density at radius 2 is 1.76 bits per heavy atom. The molecular formula is C39H56BrN7O2. The minimum absolute atomic E-state index is 0.280. The highest BCUT2D eigenvalue weighted by atomic mass is 79.9. The summed E-state index contributed by atoms with van der Waals surface area (Å²) in [6, 6.07) is 19.7. The van der Waals surface area contributed by atoms with E-state index >= 15 is 0 Å². The van der Waals surface area contributed by atoms with Gasteiger partial charge >= 0.3 is 0 Å². The molecule has 5 rings (SSSR count). The maximum atomic E-state index is 9.72. The number of nitrogens with zero attached hydrogens (tertiary/aromatic N) is 5. The first-order valence-corrected chi connectivity index (χ1v) is 17.7. The van der Waals surface area contributed by atoms with Crippen molar-refractivity contribution < 1.29 is 10.0 Å². The number of pyridine rings is 1. The third-order valence-corrected chi connectivity index (χ3v) is 8.78. The molecular weight excluding hydrogens is 678 g/mol. The van der Waals surface area contributed by atoms with Crippen LogP contribution in [0.4, 0.5) is 0 Å². The van der Waals surface area contributed by atoms with E-state index in [0.29, 0.717) is 32.2 Å². The van der Waals surface area contributed by atoms with Crippen LogP contribution in [-0.4, -0.2) is 95.4 Å². The molecule has 2 aromatic carbocycles. The molecule has 0 unspecified atom stereocenters. The van der Waals surface area contributed by atoms with Crippen LogP contribution in [0.5, 0.6) is 0 Å². The fourth-order valence-corrected chi connectivity index (χ4v) is 6.12. The van der Waals surface area contributed by atoms with Gasteiger partial charge in [0.25, 0.3) is 0 Å². The molecule has 9 nitrogen and oxygen atoms in total. The van der Waals surface area contributed by atoms with E-state index in [2.05, 4.69) is 88.7 Å². The van der Waals surface area contributed by atoms with E-state index < -0.39 is 0 Å². The topological polar surface area (TPSA) is 101 Å². The average Bonchev–Trinajstić information content (AvgIpc) is 3.25. The second kappa shape index (κ2) is 23.0. The molecule has 3 aromatic rings. The van der Waals surface area contributed by atoms with Crippen LogP contribution in [0.1, 0.15) is 59.8 Å². The van der Waals surface area contributed by atoms with E-state index in [1.54, 1.807) is 6.20 Å². The Balaban J connectivity index is 0.000000291. The summed E-state index contributed by atoms with van der Waals surface area (Å²) in [6.45, 7) is 16.6. The lowest BCUT2D eigenvalue weighted by molar-refractivity contribution is -0.109. The van der Waals surface area contributed by atoms with Gasteiger partial charge in [-0.25, -0.2) is 0 Å². The van der Waals surface area contributed by atoms with Crippen molar-refractivity contribution in [2.45, 2.75) is 58.7 Å². The van der Waals surface area contributed by atoms with Crippen molar-refractivity contribution >= 4 is 22.3 Å². The number of aromatic nitrogens is 1. The highest BCUT2D eigenvalue weighted by molar-refractivity contribution is 9.10. The zero-order valence-electron chi connectivity index (χ0n) is 29.8. The molecule has 1 aliphatic carbocycles. The van der Waals surface area contributed by atoms with Gasteiger partial charge in [-0.1, -0.05) is 60.7 Å². The standard InChI is InChI=1S/C20H24BrN3.C13H21N3O.C4H9NO.C2H2/c1-14-3-6-18-15(11-14)4-5-16-12-17(21)13-22-19(16)20(18)24-9-7-23(2)8-10-24;1-2-15(12-14)9-6-10-16(17)11-13-7-4-3-5-8-13;1-4(2)5-3-6;1-2/h3,6,11-13,20H,4-5,7-10H2,1-2H3;2-5,7-8,17H,1,6,9-12,14H2;3-4H,1-2H3,(H,5,6);1-2H/t20-;;;/m1.../s1. The van der Waals surface area contributed by atoms with Crippen LogP contribution in [0.3, 0.4) is 0 Å². The quantitative estimate of drug-likeness (QED) is 0.101. The van der Waals surface area contributed by atoms with Crippen molar-refractivity contribution in [2.75, 3.05) is 53.0 Å². The van der Waals surface area contributed by atoms with Gasteiger partial charge in [-0.15, -0.1) is 12.8 Å². The largest absolute Gasteiger partial charge is 0.366 e. The van der Waals surface area contributed by atoms with Crippen molar-refractivity contribution in [1.82, 2.24) is 30.1 Å². The summed E-state index contributed by atoms with van der Waals surface area (Å²) in [7, 11) is 2.21. The number of carbonyl (C=O) groups excluding carboxylic acids is 1. The van der Waals surface area contributed by atoms with E-state index in [9.17, 15) is 10.0 Å².